The summed E-state index contributed by atoms with van der Waals surface area (Å²) < 4.78 is 34.9. The Labute approximate surface area is 250 Å². The van der Waals surface area contributed by atoms with Gasteiger partial charge in [0.2, 0.25) is 0 Å². The van der Waals surface area contributed by atoms with Crippen LogP contribution in [0.25, 0.3) is 0 Å². The number of benzene rings is 3. The van der Waals surface area contributed by atoms with Crippen LogP contribution >= 0.6 is 11.6 Å². The van der Waals surface area contributed by atoms with Gasteiger partial charge in [-0.05, 0) is 74.1 Å². The second-order valence-corrected chi connectivity index (χ2v) is 12.7. The maximum atomic E-state index is 13.7. The smallest absolute Gasteiger partial charge is 0.335 e. The molecule has 0 aromatic heterocycles. The SMILES string of the molecule is C[C@H](CO)N1C[C@H](C)[C@@H](CN(C)Cc2ccc(C(=O)O)cc2)Oc2ccc(NS(=O)(=O)c3ccc(Cl)cc3)cc2C1=O. The summed E-state index contributed by atoms with van der Waals surface area (Å²) >= 11 is 5.90. The van der Waals surface area contributed by atoms with Crippen LogP contribution in [0.3, 0.4) is 0 Å². The number of amides is 1. The predicted molar refractivity (Wildman–Crippen MR) is 160 cm³/mol. The van der Waals surface area contributed by atoms with E-state index < -0.39 is 22.0 Å². The van der Waals surface area contributed by atoms with Crippen molar-refractivity contribution in [3.8, 4) is 5.75 Å². The lowest BCUT2D eigenvalue weighted by atomic mass is 9.99. The predicted octanol–water partition coefficient (Wildman–Crippen LogP) is 4.19. The summed E-state index contributed by atoms with van der Waals surface area (Å²) in [5, 5.41) is 19.5. The van der Waals surface area contributed by atoms with E-state index in [4.69, 9.17) is 21.4 Å². The zero-order chi connectivity index (χ0) is 30.6. The topological polar surface area (TPSA) is 136 Å². The average Bonchev–Trinajstić information content (AvgIpc) is 2.95. The Hall–Kier alpha value is -3.64. The van der Waals surface area contributed by atoms with Crippen LogP contribution in [0.5, 0.6) is 5.75 Å². The number of halogens is 1. The number of ether oxygens (including phenoxy) is 1. The van der Waals surface area contributed by atoms with Gasteiger partial charge in [0.05, 0.1) is 28.7 Å². The van der Waals surface area contributed by atoms with E-state index in [1.807, 2.05) is 14.0 Å². The van der Waals surface area contributed by atoms with Crippen LogP contribution in [0, 0.1) is 5.92 Å². The van der Waals surface area contributed by atoms with Gasteiger partial charge in [0.15, 0.2) is 0 Å². The first-order chi connectivity index (χ1) is 19.9. The van der Waals surface area contributed by atoms with Crippen molar-refractivity contribution in [1.29, 1.82) is 0 Å². The largest absolute Gasteiger partial charge is 0.488 e. The van der Waals surface area contributed by atoms with Crippen LogP contribution in [-0.4, -0.2) is 79.2 Å². The minimum atomic E-state index is -3.95. The van der Waals surface area contributed by atoms with E-state index in [1.54, 1.807) is 42.2 Å². The lowest BCUT2D eigenvalue weighted by molar-refractivity contribution is 0.0341. The molecule has 3 N–H and O–H groups in total. The highest BCUT2D eigenvalue weighted by molar-refractivity contribution is 7.92. The second-order valence-electron chi connectivity index (χ2n) is 10.6. The van der Waals surface area contributed by atoms with Gasteiger partial charge in [-0.15, -0.1) is 0 Å². The van der Waals surface area contributed by atoms with E-state index >= 15 is 0 Å². The summed E-state index contributed by atoms with van der Waals surface area (Å²) in [6.45, 7) is 4.83. The highest BCUT2D eigenvalue weighted by Crippen LogP contribution is 2.31. The number of hydrogen-bond acceptors (Lipinski definition) is 7. The monoisotopic (exact) mass is 615 g/mol. The molecule has 4 rings (SSSR count). The van der Waals surface area contributed by atoms with Gasteiger partial charge in [-0.3, -0.25) is 14.4 Å². The Balaban J connectivity index is 1.60. The van der Waals surface area contributed by atoms with Gasteiger partial charge in [0.25, 0.3) is 15.9 Å². The zero-order valence-corrected chi connectivity index (χ0v) is 25.1. The highest BCUT2D eigenvalue weighted by atomic mass is 35.5. The molecule has 0 spiro atoms. The molecule has 0 saturated heterocycles. The quantitative estimate of drug-likeness (QED) is 0.309. The van der Waals surface area contributed by atoms with E-state index in [0.29, 0.717) is 30.4 Å². The lowest BCUT2D eigenvalue weighted by Crippen LogP contribution is -2.49. The van der Waals surface area contributed by atoms with Crippen molar-refractivity contribution in [2.75, 3.05) is 31.5 Å². The Morgan fingerprint density at radius 1 is 1.14 bits per heavy atom. The first kappa shape index (κ1) is 31.3. The van der Waals surface area contributed by atoms with Crippen molar-refractivity contribution in [1.82, 2.24) is 9.80 Å². The molecule has 0 unspecified atom stereocenters. The molecule has 0 fully saturated rings. The van der Waals surface area contributed by atoms with E-state index in [-0.39, 0.29) is 46.2 Å². The molecule has 1 aliphatic heterocycles. The van der Waals surface area contributed by atoms with Crippen molar-refractivity contribution in [2.24, 2.45) is 5.92 Å². The minimum Gasteiger partial charge on any atom is -0.488 e. The molecule has 0 saturated carbocycles. The number of carboxylic acids is 1. The Kier molecular flexibility index (Phi) is 9.78. The zero-order valence-electron chi connectivity index (χ0n) is 23.5. The third-order valence-electron chi connectivity index (χ3n) is 7.19. The third kappa shape index (κ3) is 7.40. The fourth-order valence-corrected chi connectivity index (χ4v) is 5.94. The fraction of sp³-hybridized carbons (Fsp3) is 0.333. The van der Waals surface area contributed by atoms with Crippen LogP contribution in [0.1, 0.15) is 40.1 Å². The van der Waals surface area contributed by atoms with Crippen molar-refractivity contribution in [3.05, 3.63) is 88.4 Å². The maximum Gasteiger partial charge on any atom is 0.335 e. The molecule has 10 nitrogen and oxygen atoms in total. The summed E-state index contributed by atoms with van der Waals surface area (Å²) in [6.07, 6.45) is -0.356. The number of carbonyl (C=O) groups is 2. The number of nitrogens with zero attached hydrogens (tertiary/aromatic N) is 2. The van der Waals surface area contributed by atoms with Gasteiger partial charge in [-0.2, -0.15) is 0 Å². The number of fused-ring (bicyclic) bond motifs is 1. The van der Waals surface area contributed by atoms with Gasteiger partial charge in [0.1, 0.15) is 11.9 Å². The van der Waals surface area contributed by atoms with Crippen LogP contribution in [-0.2, 0) is 16.6 Å². The molecule has 1 heterocycles. The summed E-state index contributed by atoms with van der Waals surface area (Å²) in [7, 11) is -2.03. The molecular weight excluding hydrogens is 582 g/mol. The van der Waals surface area contributed by atoms with Crippen molar-refractivity contribution < 1.29 is 33.0 Å². The van der Waals surface area contributed by atoms with Gasteiger partial charge >= 0.3 is 5.97 Å². The summed E-state index contributed by atoms with van der Waals surface area (Å²) in [5.41, 5.74) is 1.51. The number of aliphatic hydroxyl groups is 1. The second kappa shape index (κ2) is 13.1. The van der Waals surface area contributed by atoms with Crippen LogP contribution in [0.4, 0.5) is 5.69 Å². The molecule has 12 heteroatoms. The highest BCUT2D eigenvalue weighted by Gasteiger charge is 2.33. The van der Waals surface area contributed by atoms with Crippen LogP contribution < -0.4 is 9.46 Å². The van der Waals surface area contributed by atoms with Gasteiger partial charge in [0, 0.05) is 36.3 Å². The Morgan fingerprint density at radius 3 is 2.43 bits per heavy atom. The van der Waals surface area contributed by atoms with Crippen molar-refractivity contribution >= 4 is 39.2 Å². The molecule has 1 aliphatic rings. The summed E-state index contributed by atoms with van der Waals surface area (Å²) in [5.74, 6) is -1.17. The number of hydrogen-bond donors (Lipinski definition) is 3. The molecule has 0 bridgehead atoms. The molecule has 0 radical (unpaired) electrons. The summed E-state index contributed by atoms with van der Waals surface area (Å²) in [6, 6.07) is 16.5. The van der Waals surface area contributed by atoms with Gasteiger partial charge in [-0.25, -0.2) is 13.2 Å². The van der Waals surface area contributed by atoms with Gasteiger partial charge < -0.3 is 19.8 Å². The number of aromatic carboxylic acids is 1. The van der Waals surface area contributed by atoms with E-state index in [1.165, 1.54) is 36.4 Å². The van der Waals surface area contributed by atoms with Crippen LogP contribution in [0.15, 0.2) is 71.6 Å². The molecule has 0 aliphatic carbocycles. The minimum absolute atomic E-state index is 0.0197. The number of carboxylic acid groups (broad SMARTS) is 1. The third-order valence-corrected chi connectivity index (χ3v) is 8.84. The lowest BCUT2D eigenvalue weighted by Gasteiger charge is -2.38. The van der Waals surface area contributed by atoms with Crippen molar-refractivity contribution in [3.63, 3.8) is 0 Å². The standard InChI is InChI=1S/C30H34ClN3O7S/c1-19-15-34(20(2)18-35)29(36)26-14-24(32-42(39,40)25-11-8-23(31)9-12-25)10-13-27(26)41-28(19)17-33(3)16-21-4-6-22(7-5-21)30(37)38/h4-14,19-20,28,32,35H,15-18H2,1-3H3,(H,37,38)/t19-,20+,28+/m0/s1. The van der Waals surface area contributed by atoms with E-state index in [0.717, 1.165) is 5.56 Å². The molecule has 3 atom stereocenters. The number of carbonyl (C=O) groups excluding carboxylic acids is 1. The van der Waals surface area contributed by atoms with Gasteiger partial charge in [-0.1, -0.05) is 30.7 Å². The number of sulfonamides is 1. The first-order valence-corrected chi connectivity index (χ1v) is 15.3. The average molecular weight is 616 g/mol. The number of aliphatic hydroxyl groups excluding tert-OH is 1. The molecule has 42 heavy (non-hydrogen) atoms. The molecule has 224 valence electrons. The Morgan fingerprint density at radius 2 is 1.81 bits per heavy atom. The first-order valence-electron chi connectivity index (χ1n) is 13.4. The van der Waals surface area contributed by atoms with E-state index in [2.05, 4.69) is 9.62 Å². The fourth-order valence-electron chi connectivity index (χ4n) is 4.77. The van der Waals surface area contributed by atoms with Crippen LogP contribution in [0.2, 0.25) is 5.02 Å². The molecule has 1 amide bonds. The number of nitrogens with one attached hydrogen (secondary N) is 1. The molecule has 3 aromatic carbocycles. The normalized spacial score (nSPS) is 18.0. The molecular formula is C30H34ClN3O7S. The van der Waals surface area contributed by atoms with Crippen molar-refractivity contribution in [2.45, 2.75) is 37.4 Å². The maximum absolute atomic E-state index is 13.7. The summed E-state index contributed by atoms with van der Waals surface area (Å²) in [4.78, 5) is 28.5. The Bertz CT molecular complexity index is 1530. The molecule has 3 aromatic rings. The number of likely N-dealkylation sites (N-methyl/N-ethyl adjacent to an activating group) is 1. The van der Waals surface area contributed by atoms with E-state index in [9.17, 15) is 23.1 Å². The number of anilines is 1. The number of rotatable bonds is 10.